The molecule has 8 aromatic rings. The zero-order chi connectivity index (χ0) is 31.4. The predicted octanol–water partition coefficient (Wildman–Crippen LogP) is 11.6. The molecule has 0 saturated carbocycles. The highest BCUT2D eigenvalue weighted by molar-refractivity contribution is 6.08. The molecule has 4 nitrogen and oxygen atoms in total. The van der Waals surface area contributed by atoms with Crippen molar-refractivity contribution in [2.24, 2.45) is 0 Å². The minimum absolute atomic E-state index is 0.340. The summed E-state index contributed by atoms with van der Waals surface area (Å²) >= 11 is 0. The number of para-hydroxylation sites is 4. The Labute approximate surface area is 269 Å². The highest BCUT2D eigenvalue weighted by atomic mass is 16.3. The summed E-state index contributed by atoms with van der Waals surface area (Å²) in [5.41, 5.74) is 13.6. The number of imidazole rings is 1. The van der Waals surface area contributed by atoms with Crippen LogP contribution in [0.15, 0.2) is 132 Å². The van der Waals surface area contributed by atoms with Crippen molar-refractivity contribution in [1.82, 2.24) is 14.5 Å². The van der Waals surface area contributed by atoms with E-state index in [9.17, 15) is 0 Å². The van der Waals surface area contributed by atoms with Crippen LogP contribution >= 0.6 is 0 Å². The Hall–Kier alpha value is -5.48. The summed E-state index contributed by atoms with van der Waals surface area (Å²) in [5, 5.41) is 0.980. The van der Waals surface area contributed by atoms with E-state index in [4.69, 9.17) is 14.4 Å². The topological polar surface area (TPSA) is 43.9 Å². The first-order valence-electron chi connectivity index (χ1n) is 16.1. The van der Waals surface area contributed by atoms with Gasteiger partial charge in [0.1, 0.15) is 16.9 Å². The van der Waals surface area contributed by atoms with E-state index in [0.29, 0.717) is 11.8 Å². The largest absolute Gasteiger partial charge is 0.454 e. The van der Waals surface area contributed by atoms with Gasteiger partial charge in [0.05, 0.1) is 28.0 Å². The third-order valence-corrected chi connectivity index (χ3v) is 8.97. The van der Waals surface area contributed by atoms with Crippen LogP contribution in [0.1, 0.15) is 50.7 Å². The molecule has 3 aromatic heterocycles. The molecule has 8 rings (SSSR count). The molecular formula is C42H35N3O. The minimum Gasteiger partial charge on any atom is -0.454 e. The quantitative estimate of drug-likeness (QED) is 0.191. The van der Waals surface area contributed by atoms with Crippen molar-refractivity contribution in [2.75, 3.05) is 0 Å². The summed E-state index contributed by atoms with van der Waals surface area (Å²) in [7, 11) is 0. The number of pyridine rings is 1. The predicted molar refractivity (Wildman–Crippen MR) is 191 cm³/mol. The SMILES string of the molecule is CC(C)c1cccc(C(C)C)c1-n1c(-c2cccc3c2oc2ccc(-c4cccc(-c5ccccc5)c4)nc23)nc2ccccc21. The van der Waals surface area contributed by atoms with Gasteiger partial charge in [-0.3, -0.25) is 4.57 Å². The molecule has 46 heavy (non-hydrogen) atoms. The summed E-state index contributed by atoms with van der Waals surface area (Å²) in [6.45, 7) is 9.06. The maximum Gasteiger partial charge on any atom is 0.153 e. The molecule has 4 heteroatoms. The molecule has 0 fully saturated rings. The summed E-state index contributed by atoms with van der Waals surface area (Å²) in [5.74, 6) is 1.55. The van der Waals surface area contributed by atoms with Crippen LogP contribution in [-0.4, -0.2) is 14.5 Å². The van der Waals surface area contributed by atoms with Gasteiger partial charge in [0.15, 0.2) is 5.58 Å². The van der Waals surface area contributed by atoms with Gasteiger partial charge in [-0.05, 0) is 76.6 Å². The number of rotatable bonds is 6. The van der Waals surface area contributed by atoms with E-state index in [0.717, 1.165) is 55.7 Å². The van der Waals surface area contributed by atoms with Crippen molar-refractivity contribution < 1.29 is 4.42 Å². The number of fused-ring (bicyclic) bond motifs is 4. The van der Waals surface area contributed by atoms with Crippen LogP contribution in [0, 0.1) is 0 Å². The minimum atomic E-state index is 0.340. The number of hydrogen-bond acceptors (Lipinski definition) is 3. The fourth-order valence-electron chi connectivity index (χ4n) is 6.69. The second-order valence-electron chi connectivity index (χ2n) is 12.6. The molecule has 0 atom stereocenters. The van der Waals surface area contributed by atoms with Crippen molar-refractivity contribution in [2.45, 2.75) is 39.5 Å². The molecule has 3 heterocycles. The third kappa shape index (κ3) is 4.60. The average molecular weight is 598 g/mol. The maximum atomic E-state index is 6.65. The normalized spacial score (nSPS) is 11.9. The first-order chi connectivity index (χ1) is 22.5. The number of nitrogens with zero attached hydrogens (tertiary/aromatic N) is 3. The van der Waals surface area contributed by atoms with Crippen molar-refractivity contribution in [1.29, 1.82) is 0 Å². The first kappa shape index (κ1) is 28.0. The Morgan fingerprint density at radius 2 is 1.26 bits per heavy atom. The van der Waals surface area contributed by atoms with E-state index in [-0.39, 0.29) is 0 Å². The number of furan rings is 1. The molecule has 0 N–H and O–H groups in total. The molecule has 0 aliphatic carbocycles. The van der Waals surface area contributed by atoms with Crippen LogP contribution < -0.4 is 0 Å². The number of aromatic nitrogens is 3. The zero-order valence-electron chi connectivity index (χ0n) is 26.5. The lowest BCUT2D eigenvalue weighted by atomic mass is 9.92. The molecule has 5 aromatic carbocycles. The summed E-state index contributed by atoms with van der Waals surface area (Å²) in [6.07, 6.45) is 0. The third-order valence-electron chi connectivity index (χ3n) is 8.97. The van der Waals surface area contributed by atoms with Crippen LogP contribution in [0.25, 0.3) is 72.6 Å². The van der Waals surface area contributed by atoms with Crippen molar-refractivity contribution >= 4 is 33.1 Å². The molecular weight excluding hydrogens is 562 g/mol. The Morgan fingerprint density at radius 3 is 2.04 bits per heavy atom. The standard InChI is InChI=1S/C42H35N3O/c1-26(2)31-17-11-18-32(27(3)4)40(31)45-37-22-9-8-21-36(37)44-42(45)34-20-12-19-33-39-38(46-41(33)34)24-23-35(43-39)30-16-10-15-29(25-30)28-13-6-5-7-14-28/h5-27H,1-4H3. The fraction of sp³-hybridized carbons (Fsp3) is 0.143. The van der Waals surface area contributed by atoms with Gasteiger partial charge in [0, 0.05) is 10.9 Å². The molecule has 0 saturated heterocycles. The van der Waals surface area contributed by atoms with Gasteiger partial charge in [-0.2, -0.15) is 0 Å². The Balaban J connectivity index is 1.34. The molecule has 0 amide bonds. The van der Waals surface area contributed by atoms with Crippen LogP contribution in [-0.2, 0) is 0 Å². The molecule has 0 spiro atoms. The van der Waals surface area contributed by atoms with Gasteiger partial charge in [-0.1, -0.05) is 113 Å². The number of hydrogen-bond donors (Lipinski definition) is 0. The van der Waals surface area contributed by atoms with Crippen molar-refractivity contribution in [3.8, 4) is 39.5 Å². The Morgan fingerprint density at radius 1 is 0.587 bits per heavy atom. The van der Waals surface area contributed by atoms with Gasteiger partial charge < -0.3 is 4.42 Å². The smallest absolute Gasteiger partial charge is 0.153 e. The fourth-order valence-corrected chi connectivity index (χ4v) is 6.69. The molecule has 0 aliphatic rings. The monoisotopic (exact) mass is 597 g/mol. The van der Waals surface area contributed by atoms with Crippen LogP contribution in [0.2, 0.25) is 0 Å². The van der Waals surface area contributed by atoms with Crippen LogP contribution in [0.4, 0.5) is 0 Å². The van der Waals surface area contributed by atoms with Gasteiger partial charge in [-0.25, -0.2) is 9.97 Å². The maximum absolute atomic E-state index is 6.65. The van der Waals surface area contributed by atoms with Gasteiger partial charge in [0.2, 0.25) is 0 Å². The van der Waals surface area contributed by atoms with E-state index in [2.05, 4.69) is 148 Å². The highest BCUT2D eigenvalue weighted by Crippen LogP contribution is 2.41. The van der Waals surface area contributed by atoms with E-state index < -0.39 is 0 Å². The van der Waals surface area contributed by atoms with Crippen LogP contribution in [0.5, 0.6) is 0 Å². The molecule has 0 bridgehead atoms. The molecule has 0 aliphatic heterocycles. The van der Waals surface area contributed by atoms with E-state index >= 15 is 0 Å². The van der Waals surface area contributed by atoms with Crippen molar-refractivity contribution in [3.05, 3.63) is 139 Å². The van der Waals surface area contributed by atoms with E-state index in [1.54, 1.807) is 0 Å². The summed E-state index contributed by atoms with van der Waals surface area (Å²) < 4.78 is 9.01. The Kier molecular flexibility index (Phi) is 6.79. The lowest BCUT2D eigenvalue weighted by Gasteiger charge is -2.22. The molecule has 0 unspecified atom stereocenters. The second kappa shape index (κ2) is 11.1. The van der Waals surface area contributed by atoms with Gasteiger partial charge in [0.25, 0.3) is 0 Å². The summed E-state index contributed by atoms with van der Waals surface area (Å²) in [6, 6.07) is 44.6. The molecule has 0 radical (unpaired) electrons. The number of benzene rings is 5. The van der Waals surface area contributed by atoms with Crippen LogP contribution in [0.3, 0.4) is 0 Å². The highest BCUT2D eigenvalue weighted by Gasteiger charge is 2.24. The van der Waals surface area contributed by atoms with E-state index in [1.165, 1.54) is 27.9 Å². The Bertz CT molecular complexity index is 2350. The van der Waals surface area contributed by atoms with Gasteiger partial charge >= 0.3 is 0 Å². The van der Waals surface area contributed by atoms with E-state index in [1.807, 2.05) is 12.1 Å². The molecule has 224 valence electrons. The second-order valence-corrected chi connectivity index (χ2v) is 12.6. The summed E-state index contributed by atoms with van der Waals surface area (Å²) in [4.78, 5) is 10.4. The van der Waals surface area contributed by atoms with Crippen molar-refractivity contribution in [3.63, 3.8) is 0 Å². The average Bonchev–Trinajstić information content (AvgIpc) is 3.66. The lowest BCUT2D eigenvalue weighted by molar-refractivity contribution is 0.668. The first-order valence-corrected chi connectivity index (χ1v) is 16.1. The van der Waals surface area contributed by atoms with Gasteiger partial charge in [-0.15, -0.1) is 0 Å². The lowest BCUT2D eigenvalue weighted by Crippen LogP contribution is -2.08. The zero-order valence-corrected chi connectivity index (χ0v) is 26.5.